The number of carboxylic acids is 1. The number of aliphatic hydroxyl groups is 1. The monoisotopic (exact) mass is 219 g/mol. The van der Waals surface area contributed by atoms with Crippen molar-refractivity contribution < 1.29 is 24.6 Å². The zero-order valence-electron chi connectivity index (χ0n) is 7.90. The summed E-state index contributed by atoms with van der Waals surface area (Å²) in [4.78, 5) is 31.7. The summed E-state index contributed by atoms with van der Waals surface area (Å²) in [6.07, 6.45) is -1.65. The number of hydrogen-bond acceptors (Lipinski definition) is 5. The number of carbonyl (C=O) groups is 3. The van der Waals surface area contributed by atoms with E-state index in [1.165, 1.54) is 0 Å². The van der Waals surface area contributed by atoms with E-state index < -0.39 is 30.4 Å². The topological polar surface area (TPSA) is 142 Å². The van der Waals surface area contributed by atoms with Gasteiger partial charge in [-0.3, -0.25) is 9.59 Å². The summed E-state index contributed by atoms with van der Waals surface area (Å²) in [6.45, 7) is -0.944. The highest BCUT2D eigenvalue weighted by Crippen LogP contribution is 1.79. The van der Waals surface area contributed by atoms with Crippen molar-refractivity contribution >= 4 is 17.8 Å². The van der Waals surface area contributed by atoms with Crippen LogP contribution in [0.1, 0.15) is 0 Å². The van der Waals surface area contributed by atoms with E-state index in [-0.39, 0.29) is 13.1 Å². The minimum atomic E-state index is -1.65. The molecule has 0 aliphatic rings. The Labute approximate surface area is 85.4 Å². The number of nitrogens with two attached hydrogens (primary N) is 1. The van der Waals surface area contributed by atoms with Gasteiger partial charge in [-0.05, 0) is 0 Å². The quantitative estimate of drug-likeness (QED) is 0.315. The Kier molecular flexibility index (Phi) is 5.99. The number of aliphatic hydroxyl groups excluding tert-OH is 1. The van der Waals surface area contributed by atoms with Crippen LogP contribution in [0.5, 0.6) is 0 Å². The number of nitrogens with one attached hydrogen (secondary N) is 2. The van der Waals surface area contributed by atoms with Crippen LogP contribution in [0, 0.1) is 0 Å². The molecule has 0 saturated heterocycles. The zero-order valence-corrected chi connectivity index (χ0v) is 7.90. The molecule has 0 unspecified atom stereocenters. The van der Waals surface area contributed by atoms with Crippen LogP contribution in [-0.4, -0.2) is 53.7 Å². The number of carbonyl (C=O) groups excluding carboxylic acids is 2. The Balaban J connectivity index is 3.66. The van der Waals surface area contributed by atoms with Crippen molar-refractivity contribution in [2.75, 3.05) is 19.6 Å². The van der Waals surface area contributed by atoms with Gasteiger partial charge in [0.15, 0.2) is 6.10 Å². The second-order valence-electron chi connectivity index (χ2n) is 2.64. The molecule has 0 aromatic heterocycles. The van der Waals surface area contributed by atoms with Gasteiger partial charge < -0.3 is 26.6 Å². The van der Waals surface area contributed by atoms with Gasteiger partial charge >= 0.3 is 5.97 Å². The largest absolute Gasteiger partial charge is 0.479 e. The third-order valence-electron chi connectivity index (χ3n) is 1.41. The molecule has 15 heavy (non-hydrogen) atoms. The highest BCUT2D eigenvalue weighted by atomic mass is 16.4. The Hall–Kier alpha value is -1.67. The maximum Gasteiger partial charge on any atom is 0.334 e. The maximum atomic E-state index is 10.9. The average Bonchev–Trinajstić information content (AvgIpc) is 2.21. The van der Waals surface area contributed by atoms with Crippen molar-refractivity contribution in [3.63, 3.8) is 0 Å². The summed E-state index contributed by atoms with van der Waals surface area (Å²) in [5.74, 6) is -2.53. The zero-order chi connectivity index (χ0) is 11.8. The molecule has 86 valence electrons. The number of rotatable bonds is 6. The molecule has 0 aromatic carbocycles. The van der Waals surface area contributed by atoms with Crippen LogP contribution >= 0.6 is 0 Å². The van der Waals surface area contributed by atoms with Crippen LogP contribution in [0.4, 0.5) is 0 Å². The van der Waals surface area contributed by atoms with Gasteiger partial charge in [-0.15, -0.1) is 0 Å². The molecular weight excluding hydrogens is 206 g/mol. The number of hydrogen-bond donors (Lipinski definition) is 5. The van der Waals surface area contributed by atoms with Gasteiger partial charge in [-0.1, -0.05) is 0 Å². The normalized spacial score (nSPS) is 11.6. The molecular formula is C7H13N3O5. The van der Waals surface area contributed by atoms with E-state index in [9.17, 15) is 14.4 Å². The van der Waals surface area contributed by atoms with Crippen LogP contribution < -0.4 is 16.4 Å². The molecule has 0 fully saturated rings. The Morgan fingerprint density at radius 2 is 1.80 bits per heavy atom. The van der Waals surface area contributed by atoms with Crippen molar-refractivity contribution in [2.24, 2.45) is 5.73 Å². The van der Waals surface area contributed by atoms with Crippen molar-refractivity contribution in [3.8, 4) is 0 Å². The van der Waals surface area contributed by atoms with E-state index in [1.807, 2.05) is 0 Å². The molecule has 1 atom stereocenters. The molecule has 8 nitrogen and oxygen atoms in total. The van der Waals surface area contributed by atoms with Crippen molar-refractivity contribution in [1.29, 1.82) is 0 Å². The van der Waals surface area contributed by atoms with E-state index >= 15 is 0 Å². The van der Waals surface area contributed by atoms with Crippen LogP contribution in [0.25, 0.3) is 0 Å². The third-order valence-corrected chi connectivity index (χ3v) is 1.41. The van der Waals surface area contributed by atoms with Gasteiger partial charge in [-0.25, -0.2) is 4.79 Å². The molecule has 0 radical (unpaired) electrons. The lowest BCUT2D eigenvalue weighted by molar-refractivity contribution is -0.146. The Morgan fingerprint density at radius 3 is 2.27 bits per heavy atom. The highest BCUT2D eigenvalue weighted by Gasteiger charge is 2.13. The molecule has 2 amide bonds. The second kappa shape index (κ2) is 6.74. The van der Waals surface area contributed by atoms with Gasteiger partial charge in [0.1, 0.15) is 0 Å². The first-order valence-electron chi connectivity index (χ1n) is 4.11. The molecule has 0 spiro atoms. The highest BCUT2D eigenvalue weighted by molar-refractivity contribution is 5.85. The first-order chi connectivity index (χ1) is 6.97. The molecule has 8 heteroatoms. The van der Waals surface area contributed by atoms with Crippen LogP contribution in [-0.2, 0) is 14.4 Å². The van der Waals surface area contributed by atoms with Gasteiger partial charge in [0.2, 0.25) is 11.8 Å². The fraction of sp³-hybridized carbons (Fsp3) is 0.571. The first kappa shape index (κ1) is 13.3. The number of aliphatic carboxylic acids is 1. The number of carboxylic acid groups (broad SMARTS) is 1. The van der Waals surface area contributed by atoms with E-state index in [2.05, 4.69) is 10.6 Å². The van der Waals surface area contributed by atoms with E-state index in [1.54, 1.807) is 0 Å². The van der Waals surface area contributed by atoms with Crippen LogP contribution in [0.15, 0.2) is 0 Å². The Morgan fingerprint density at radius 1 is 1.20 bits per heavy atom. The lowest BCUT2D eigenvalue weighted by Crippen LogP contribution is -2.43. The average molecular weight is 219 g/mol. The van der Waals surface area contributed by atoms with Gasteiger partial charge in [0.05, 0.1) is 19.6 Å². The minimum absolute atomic E-state index is 0.231. The van der Waals surface area contributed by atoms with Crippen molar-refractivity contribution in [1.82, 2.24) is 10.6 Å². The third kappa shape index (κ3) is 6.41. The predicted molar refractivity (Wildman–Crippen MR) is 48.7 cm³/mol. The molecule has 0 aliphatic heterocycles. The van der Waals surface area contributed by atoms with Gasteiger partial charge in [0.25, 0.3) is 0 Å². The van der Waals surface area contributed by atoms with Crippen molar-refractivity contribution in [2.45, 2.75) is 6.10 Å². The summed E-state index contributed by atoms with van der Waals surface area (Å²) < 4.78 is 0. The molecule has 0 rings (SSSR count). The number of amides is 2. The summed E-state index contributed by atoms with van der Waals surface area (Å²) in [7, 11) is 0. The van der Waals surface area contributed by atoms with Crippen LogP contribution in [0.3, 0.4) is 0 Å². The smallest absolute Gasteiger partial charge is 0.334 e. The summed E-state index contributed by atoms with van der Waals surface area (Å²) >= 11 is 0. The summed E-state index contributed by atoms with van der Waals surface area (Å²) in [6, 6.07) is 0. The van der Waals surface area contributed by atoms with Gasteiger partial charge in [-0.2, -0.15) is 0 Å². The van der Waals surface area contributed by atoms with E-state index in [4.69, 9.17) is 15.9 Å². The molecule has 0 bridgehead atoms. The van der Waals surface area contributed by atoms with Gasteiger partial charge in [0, 0.05) is 0 Å². The fourth-order valence-electron chi connectivity index (χ4n) is 0.611. The Bertz CT molecular complexity index is 255. The second-order valence-corrected chi connectivity index (χ2v) is 2.64. The van der Waals surface area contributed by atoms with E-state index in [0.717, 1.165) is 0 Å². The summed E-state index contributed by atoms with van der Waals surface area (Å²) in [5.41, 5.74) is 4.96. The fourth-order valence-corrected chi connectivity index (χ4v) is 0.611. The van der Waals surface area contributed by atoms with Crippen LogP contribution in [0.2, 0.25) is 0 Å². The molecule has 0 aromatic rings. The molecule has 0 heterocycles. The lowest BCUT2D eigenvalue weighted by atomic mass is 10.3. The van der Waals surface area contributed by atoms with Crippen molar-refractivity contribution in [3.05, 3.63) is 0 Å². The molecule has 0 saturated carbocycles. The first-order valence-corrected chi connectivity index (χ1v) is 4.11. The summed E-state index contributed by atoms with van der Waals surface area (Å²) in [5, 5.41) is 21.3. The molecule has 6 N–H and O–H groups in total. The SMILES string of the molecule is NCC(=O)NCC(=O)NC[C@H](O)C(=O)O. The standard InChI is InChI=1S/C7H13N3O5/c8-1-5(12)10-3-6(13)9-2-4(11)7(14)15/h4,11H,1-3,8H2,(H,9,13)(H,10,12)(H,14,15)/t4-/m0/s1. The minimum Gasteiger partial charge on any atom is -0.479 e. The predicted octanol–water partition coefficient (Wildman–Crippen LogP) is -3.38. The maximum absolute atomic E-state index is 10.9. The van der Waals surface area contributed by atoms with E-state index in [0.29, 0.717) is 0 Å². The lowest BCUT2D eigenvalue weighted by Gasteiger charge is -2.08. The molecule has 0 aliphatic carbocycles.